The predicted octanol–water partition coefficient (Wildman–Crippen LogP) is 4.47. The van der Waals surface area contributed by atoms with E-state index in [4.69, 9.17) is 16.3 Å². The number of aromatic nitrogens is 1. The highest BCUT2D eigenvalue weighted by Gasteiger charge is 2.02. The number of fused-ring (bicyclic) bond motifs is 1. The molecule has 0 aliphatic heterocycles. The zero-order valence-corrected chi connectivity index (χ0v) is 11.0. The Balaban J connectivity index is 1.86. The molecule has 0 bridgehead atoms. The molecule has 0 unspecified atom stereocenters. The molecule has 0 amide bonds. The summed E-state index contributed by atoms with van der Waals surface area (Å²) >= 11 is 5.93. The van der Waals surface area contributed by atoms with Gasteiger partial charge in [-0.05, 0) is 30.3 Å². The van der Waals surface area contributed by atoms with Gasteiger partial charge in [-0.15, -0.1) is 0 Å². The normalized spacial score (nSPS) is 10.6. The Morgan fingerprint density at radius 3 is 2.79 bits per heavy atom. The molecule has 0 aliphatic carbocycles. The lowest BCUT2D eigenvalue weighted by atomic mass is 10.1. The van der Waals surface area contributed by atoms with Crippen molar-refractivity contribution < 1.29 is 4.74 Å². The standard InChI is InChI=1S/C16H12ClNO/c17-13-4-3-5-14(10-13)19-11-12-8-9-18-16-7-2-1-6-15(12)16/h1-10H,11H2. The molecule has 3 heteroatoms. The molecular weight excluding hydrogens is 258 g/mol. The molecule has 2 nitrogen and oxygen atoms in total. The molecule has 0 atom stereocenters. The highest BCUT2D eigenvalue weighted by atomic mass is 35.5. The molecule has 3 aromatic rings. The van der Waals surface area contributed by atoms with Crippen molar-refractivity contribution in [3.05, 3.63) is 71.4 Å². The average molecular weight is 270 g/mol. The number of para-hydroxylation sites is 1. The Labute approximate surface area is 116 Å². The molecule has 3 rings (SSSR count). The Kier molecular flexibility index (Phi) is 3.34. The van der Waals surface area contributed by atoms with Crippen LogP contribution in [-0.4, -0.2) is 4.98 Å². The van der Waals surface area contributed by atoms with E-state index in [-0.39, 0.29) is 0 Å². The summed E-state index contributed by atoms with van der Waals surface area (Å²) in [5.41, 5.74) is 2.10. The van der Waals surface area contributed by atoms with Gasteiger partial charge in [0.2, 0.25) is 0 Å². The van der Waals surface area contributed by atoms with Crippen LogP contribution < -0.4 is 4.74 Å². The number of hydrogen-bond acceptors (Lipinski definition) is 2. The lowest BCUT2D eigenvalue weighted by Gasteiger charge is -2.08. The third kappa shape index (κ3) is 2.69. The Bertz CT molecular complexity index is 706. The molecule has 19 heavy (non-hydrogen) atoms. The maximum atomic E-state index is 5.93. The number of ether oxygens (including phenoxy) is 1. The largest absolute Gasteiger partial charge is 0.489 e. The smallest absolute Gasteiger partial charge is 0.121 e. The van der Waals surface area contributed by atoms with Crippen LogP contribution in [-0.2, 0) is 6.61 Å². The third-order valence-corrected chi connectivity index (χ3v) is 3.16. The van der Waals surface area contributed by atoms with E-state index in [0.717, 1.165) is 22.2 Å². The topological polar surface area (TPSA) is 22.1 Å². The van der Waals surface area contributed by atoms with Crippen molar-refractivity contribution in [1.82, 2.24) is 4.98 Å². The molecule has 1 aromatic heterocycles. The van der Waals surface area contributed by atoms with Crippen LogP contribution in [0.25, 0.3) is 10.9 Å². The average Bonchev–Trinajstić information content (AvgIpc) is 2.45. The third-order valence-electron chi connectivity index (χ3n) is 2.93. The lowest BCUT2D eigenvalue weighted by molar-refractivity contribution is 0.307. The summed E-state index contributed by atoms with van der Waals surface area (Å²) < 4.78 is 5.77. The summed E-state index contributed by atoms with van der Waals surface area (Å²) in [5.74, 6) is 0.772. The van der Waals surface area contributed by atoms with E-state index in [1.165, 1.54) is 0 Å². The molecule has 1 heterocycles. The van der Waals surface area contributed by atoms with Crippen molar-refractivity contribution in [2.45, 2.75) is 6.61 Å². The monoisotopic (exact) mass is 269 g/mol. The van der Waals surface area contributed by atoms with Crippen molar-refractivity contribution >= 4 is 22.5 Å². The van der Waals surface area contributed by atoms with Crippen molar-refractivity contribution in [2.75, 3.05) is 0 Å². The van der Waals surface area contributed by atoms with Gasteiger partial charge in [0.25, 0.3) is 0 Å². The van der Waals surface area contributed by atoms with Gasteiger partial charge < -0.3 is 4.74 Å². The Hall–Kier alpha value is -2.06. The molecule has 94 valence electrons. The molecule has 0 saturated carbocycles. The summed E-state index contributed by atoms with van der Waals surface area (Å²) in [6.45, 7) is 0.503. The van der Waals surface area contributed by atoms with Crippen LogP contribution in [0.15, 0.2) is 60.8 Å². The van der Waals surface area contributed by atoms with Gasteiger partial charge in [0, 0.05) is 22.2 Å². The minimum Gasteiger partial charge on any atom is -0.489 e. The van der Waals surface area contributed by atoms with Gasteiger partial charge in [-0.2, -0.15) is 0 Å². The fraction of sp³-hybridized carbons (Fsp3) is 0.0625. The van der Waals surface area contributed by atoms with Crippen molar-refractivity contribution in [3.63, 3.8) is 0 Å². The number of nitrogens with zero attached hydrogens (tertiary/aromatic N) is 1. The van der Waals surface area contributed by atoms with Crippen molar-refractivity contribution in [2.24, 2.45) is 0 Å². The molecule has 0 radical (unpaired) electrons. The number of hydrogen-bond donors (Lipinski definition) is 0. The van der Waals surface area contributed by atoms with Crippen molar-refractivity contribution in [3.8, 4) is 5.75 Å². The number of benzene rings is 2. The molecule has 0 fully saturated rings. The first-order chi connectivity index (χ1) is 9.33. The zero-order chi connectivity index (χ0) is 13.1. The Morgan fingerprint density at radius 2 is 1.89 bits per heavy atom. The predicted molar refractivity (Wildman–Crippen MR) is 77.5 cm³/mol. The fourth-order valence-electron chi connectivity index (χ4n) is 2.00. The second-order valence-electron chi connectivity index (χ2n) is 4.23. The van der Waals surface area contributed by atoms with Crippen LogP contribution in [0.2, 0.25) is 5.02 Å². The molecule has 0 N–H and O–H groups in total. The molecule has 0 saturated heterocycles. The number of pyridine rings is 1. The van der Waals surface area contributed by atoms with Crippen LogP contribution in [0.5, 0.6) is 5.75 Å². The van der Waals surface area contributed by atoms with E-state index in [2.05, 4.69) is 11.1 Å². The molecule has 0 aliphatic rings. The highest BCUT2D eigenvalue weighted by Crippen LogP contribution is 2.21. The molecular formula is C16H12ClNO. The molecule has 0 spiro atoms. The van der Waals surface area contributed by atoms with Gasteiger partial charge in [0.15, 0.2) is 0 Å². The first kappa shape index (κ1) is 12.0. The first-order valence-electron chi connectivity index (χ1n) is 6.04. The summed E-state index contributed by atoms with van der Waals surface area (Å²) in [7, 11) is 0. The van der Waals surface area contributed by atoms with Crippen molar-refractivity contribution in [1.29, 1.82) is 0 Å². The highest BCUT2D eigenvalue weighted by molar-refractivity contribution is 6.30. The van der Waals surface area contributed by atoms with Crippen LogP contribution in [0.3, 0.4) is 0 Å². The zero-order valence-electron chi connectivity index (χ0n) is 10.2. The summed E-state index contributed by atoms with van der Waals surface area (Å²) in [6.07, 6.45) is 1.80. The maximum absolute atomic E-state index is 5.93. The fourth-order valence-corrected chi connectivity index (χ4v) is 2.18. The van der Waals surface area contributed by atoms with Gasteiger partial charge in [-0.3, -0.25) is 4.98 Å². The van der Waals surface area contributed by atoms with E-state index >= 15 is 0 Å². The summed E-state index contributed by atoms with van der Waals surface area (Å²) in [4.78, 5) is 4.33. The van der Waals surface area contributed by atoms with E-state index in [9.17, 15) is 0 Å². The van der Waals surface area contributed by atoms with E-state index in [0.29, 0.717) is 11.6 Å². The van der Waals surface area contributed by atoms with Crippen LogP contribution >= 0.6 is 11.6 Å². The van der Waals surface area contributed by atoms with Gasteiger partial charge in [-0.1, -0.05) is 35.9 Å². The SMILES string of the molecule is Clc1cccc(OCc2ccnc3ccccc23)c1. The van der Waals surface area contributed by atoms with E-state index in [1.54, 1.807) is 6.20 Å². The Morgan fingerprint density at radius 1 is 1.00 bits per heavy atom. The first-order valence-corrected chi connectivity index (χ1v) is 6.42. The lowest BCUT2D eigenvalue weighted by Crippen LogP contribution is -1.97. The van der Waals surface area contributed by atoms with Gasteiger partial charge in [-0.25, -0.2) is 0 Å². The molecule has 2 aromatic carbocycles. The second-order valence-corrected chi connectivity index (χ2v) is 4.67. The minimum atomic E-state index is 0.503. The van der Waals surface area contributed by atoms with E-state index in [1.807, 2.05) is 48.5 Å². The number of halogens is 1. The second kappa shape index (κ2) is 5.29. The quantitative estimate of drug-likeness (QED) is 0.700. The van der Waals surface area contributed by atoms with Crippen LogP contribution in [0.4, 0.5) is 0 Å². The summed E-state index contributed by atoms with van der Waals surface area (Å²) in [5, 5.41) is 1.80. The summed E-state index contributed by atoms with van der Waals surface area (Å²) in [6, 6.07) is 17.4. The maximum Gasteiger partial charge on any atom is 0.121 e. The minimum absolute atomic E-state index is 0.503. The number of rotatable bonds is 3. The van der Waals surface area contributed by atoms with Gasteiger partial charge >= 0.3 is 0 Å². The van der Waals surface area contributed by atoms with Crippen LogP contribution in [0, 0.1) is 0 Å². The van der Waals surface area contributed by atoms with Gasteiger partial charge in [0.05, 0.1) is 5.52 Å². The van der Waals surface area contributed by atoms with E-state index < -0.39 is 0 Å². The van der Waals surface area contributed by atoms with Crippen LogP contribution in [0.1, 0.15) is 5.56 Å². The van der Waals surface area contributed by atoms with Gasteiger partial charge in [0.1, 0.15) is 12.4 Å².